The number of hydrogen-bond acceptors (Lipinski definition) is 4. The third kappa shape index (κ3) is 3.15. The van der Waals surface area contributed by atoms with Crippen molar-refractivity contribution in [2.24, 2.45) is 0 Å². The Hall–Kier alpha value is -1.92. The normalized spacial score (nSPS) is 21.9. The van der Waals surface area contributed by atoms with Crippen molar-refractivity contribution in [2.75, 3.05) is 18.5 Å². The molecule has 0 aliphatic carbocycles. The number of urea groups is 1. The van der Waals surface area contributed by atoms with Crippen LogP contribution in [0.3, 0.4) is 0 Å². The van der Waals surface area contributed by atoms with Crippen molar-refractivity contribution in [1.82, 2.24) is 4.90 Å². The van der Waals surface area contributed by atoms with Gasteiger partial charge in [-0.2, -0.15) is 0 Å². The van der Waals surface area contributed by atoms with Crippen LogP contribution in [0.5, 0.6) is 0 Å². The molecular formula is C14H18N2O4. The van der Waals surface area contributed by atoms with Crippen LogP contribution in [0.1, 0.15) is 23.7 Å². The minimum Gasteiger partial charge on any atom is -0.394 e. The van der Waals surface area contributed by atoms with E-state index in [4.69, 9.17) is 0 Å². The van der Waals surface area contributed by atoms with Crippen LogP contribution in [0.25, 0.3) is 0 Å². The molecule has 20 heavy (non-hydrogen) atoms. The monoisotopic (exact) mass is 278 g/mol. The van der Waals surface area contributed by atoms with Crippen molar-refractivity contribution in [3.8, 4) is 0 Å². The second-order valence-electron chi connectivity index (χ2n) is 4.95. The van der Waals surface area contributed by atoms with Gasteiger partial charge in [-0.25, -0.2) is 4.79 Å². The maximum Gasteiger partial charge on any atom is 0.322 e. The molecule has 1 saturated heterocycles. The lowest BCUT2D eigenvalue weighted by atomic mass is 10.1. The van der Waals surface area contributed by atoms with Crippen LogP contribution in [-0.4, -0.2) is 52.2 Å². The smallest absolute Gasteiger partial charge is 0.322 e. The molecule has 1 aliphatic rings. The average Bonchev–Trinajstić information content (AvgIpc) is 2.80. The van der Waals surface area contributed by atoms with Crippen LogP contribution in [-0.2, 0) is 0 Å². The molecule has 1 fully saturated rings. The molecule has 108 valence electrons. The fraction of sp³-hybridized carbons (Fsp3) is 0.429. The number of rotatable bonds is 3. The SMILES string of the molecule is CC(=O)c1cccc(NC(=O)N2C[C@@H](O)C[C@H]2CO)c1. The molecule has 1 heterocycles. The molecule has 2 amide bonds. The topological polar surface area (TPSA) is 89.9 Å². The summed E-state index contributed by atoms with van der Waals surface area (Å²) in [6.45, 7) is 1.47. The number of β-amino-alcohol motifs (C(OH)–C–C–N with tert-alkyl or cyclic N) is 1. The van der Waals surface area contributed by atoms with Crippen LogP contribution in [0.2, 0.25) is 0 Å². The Bertz CT molecular complexity index is 518. The Morgan fingerprint density at radius 3 is 2.85 bits per heavy atom. The first-order chi connectivity index (χ1) is 9.51. The number of carbonyl (C=O) groups excluding carboxylic acids is 2. The highest BCUT2D eigenvalue weighted by molar-refractivity contribution is 5.96. The van der Waals surface area contributed by atoms with E-state index in [0.717, 1.165) is 0 Å². The van der Waals surface area contributed by atoms with Gasteiger partial charge in [0.1, 0.15) is 0 Å². The summed E-state index contributed by atoms with van der Waals surface area (Å²) in [7, 11) is 0. The number of hydrogen-bond donors (Lipinski definition) is 3. The van der Waals surface area contributed by atoms with Crippen molar-refractivity contribution in [3.05, 3.63) is 29.8 Å². The zero-order valence-corrected chi connectivity index (χ0v) is 11.2. The minimum atomic E-state index is -0.610. The van der Waals surface area contributed by atoms with E-state index in [0.29, 0.717) is 17.7 Å². The van der Waals surface area contributed by atoms with E-state index in [1.165, 1.54) is 11.8 Å². The van der Waals surface area contributed by atoms with Crippen molar-refractivity contribution in [2.45, 2.75) is 25.5 Å². The number of benzene rings is 1. The zero-order chi connectivity index (χ0) is 14.7. The molecule has 6 heteroatoms. The summed E-state index contributed by atoms with van der Waals surface area (Å²) in [4.78, 5) is 24.8. The highest BCUT2D eigenvalue weighted by Crippen LogP contribution is 2.19. The zero-order valence-electron chi connectivity index (χ0n) is 11.2. The van der Waals surface area contributed by atoms with Crippen LogP contribution >= 0.6 is 0 Å². The number of likely N-dealkylation sites (tertiary alicyclic amines) is 1. The van der Waals surface area contributed by atoms with E-state index in [9.17, 15) is 19.8 Å². The number of aliphatic hydroxyl groups is 2. The number of nitrogens with zero attached hydrogens (tertiary/aromatic N) is 1. The first-order valence-electron chi connectivity index (χ1n) is 6.49. The molecular weight excluding hydrogens is 260 g/mol. The predicted molar refractivity (Wildman–Crippen MR) is 73.7 cm³/mol. The third-order valence-electron chi connectivity index (χ3n) is 3.38. The molecule has 1 aromatic rings. The molecule has 6 nitrogen and oxygen atoms in total. The molecule has 3 N–H and O–H groups in total. The molecule has 1 aromatic carbocycles. The van der Waals surface area contributed by atoms with Gasteiger partial charge in [0.15, 0.2) is 5.78 Å². The summed E-state index contributed by atoms with van der Waals surface area (Å²) in [5.74, 6) is -0.0778. The first kappa shape index (κ1) is 14.5. The Kier molecular flexibility index (Phi) is 4.36. The van der Waals surface area contributed by atoms with Gasteiger partial charge in [-0.1, -0.05) is 12.1 Å². The van der Waals surface area contributed by atoms with Gasteiger partial charge in [-0.3, -0.25) is 4.79 Å². The number of ketones is 1. The van der Waals surface area contributed by atoms with Gasteiger partial charge < -0.3 is 20.4 Å². The predicted octanol–water partition coefficient (Wildman–Crippen LogP) is 0.849. The molecule has 1 aliphatic heterocycles. The molecule has 0 radical (unpaired) electrons. The Balaban J connectivity index is 2.08. The number of anilines is 1. The number of nitrogens with one attached hydrogen (secondary N) is 1. The van der Waals surface area contributed by atoms with Gasteiger partial charge in [0.2, 0.25) is 0 Å². The summed E-state index contributed by atoms with van der Waals surface area (Å²) in [5.41, 5.74) is 1.03. The summed E-state index contributed by atoms with van der Waals surface area (Å²) in [5, 5.41) is 21.4. The fourth-order valence-electron chi connectivity index (χ4n) is 2.33. The molecule has 0 saturated carbocycles. The second-order valence-corrected chi connectivity index (χ2v) is 4.95. The standard InChI is InChI=1S/C14H18N2O4/c1-9(18)10-3-2-4-11(5-10)15-14(20)16-7-13(19)6-12(16)8-17/h2-5,12-13,17,19H,6-8H2,1H3,(H,15,20)/t12-,13-/m0/s1. The Labute approximate surface area is 117 Å². The second kappa shape index (κ2) is 6.02. The average molecular weight is 278 g/mol. The quantitative estimate of drug-likeness (QED) is 0.715. The number of aliphatic hydroxyl groups excluding tert-OH is 2. The minimum absolute atomic E-state index is 0.0778. The Morgan fingerprint density at radius 1 is 1.45 bits per heavy atom. The highest BCUT2D eigenvalue weighted by atomic mass is 16.3. The number of amides is 2. The van der Waals surface area contributed by atoms with Crippen molar-refractivity contribution in [3.63, 3.8) is 0 Å². The molecule has 2 atom stereocenters. The number of Topliss-reactive ketones (excluding diaryl/α,β-unsaturated/α-hetero) is 1. The van der Waals surface area contributed by atoms with E-state index >= 15 is 0 Å². The van der Waals surface area contributed by atoms with Crippen LogP contribution in [0.4, 0.5) is 10.5 Å². The molecule has 0 spiro atoms. The fourth-order valence-corrected chi connectivity index (χ4v) is 2.33. The van der Waals surface area contributed by atoms with Gasteiger partial charge in [0.05, 0.1) is 18.8 Å². The van der Waals surface area contributed by atoms with Gasteiger partial charge in [0, 0.05) is 17.8 Å². The Morgan fingerprint density at radius 2 is 2.20 bits per heavy atom. The van der Waals surface area contributed by atoms with Crippen molar-refractivity contribution in [1.29, 1.82) is 0 Å². The first-order valence-corrected chi connectivity index (χ1v) is 6.49. The van der Waals surface area contributed by atoms with E-state index in [1.807, 2.05) is 0 Å². The summed E-state index contributed by atoms with van der Waals surface area (Å²) in [6, 6.07) is 5.89. The van der Waals surface area contributed by atoms with Crippen LogP contribution in [0.15, 0.2) is 24.3 Å². The van der Waals surface area contributed by atoms with Crippen molar-refractivity contribution >= 4 is 17.5 Å². The van der Waals surface area contributed by atoms with Crippen molar-refractivity contribution < 1.29 is 19.8 Å². The largest absolute Gasteiger partial charge is 0.394 e. The van der Waals surface area contributed by atoms with Crippen LogP contribution in [0, 0.1) is 0 Å². The highest BCUT2D eigenvalue weighted by Gasteiger charge is 2.33. The van der Waals surface area contributed by atoms with Crippen LogP contribution < -0.4 is 5.32 Å². The van der Waals surface area contributed by atoms with Gasteiger partial charge in [-0.05, 0) is 25.5 Å². The molecule has 0 aromatic heterocycles. The van der Waals surface area contributed by atoms with E-state index in [-0.39, 0.29) is 31.0 Å². The van der Waals surface area contributed by atoms with Gasteiger partial charge in [-0.15, -0.1) is 0 Å². The summed E-state index contributed by atoms with van der Waals surface area (Å²) >= 11 is 0. The maximum absolute atomic E-state index is 12.1. The van der Waals surface area contributed by atoms with E-state index < -0.39 is 6.10 Å². The molecule has 2 rings (SSSR count). The lowest BCUT2D eigenvalue weighted by Crippen LogP contribution is -2.40. The number of carbonyl (C=O) groups is 2. The van der Waals surface area contributed by atoms with E-state index in [1.54, 1.807) is 24.3 Å². The lowest BCUT2D eigenvalue weighted by molar-refractivity contribution is 0.101. The molecule has 0 unspecified atom stereocenters. The van der Waals surface area contributed by atoms with Gasteiger partial charge in [0.25, 0.3) is 0 Å². The maximum atomic E-state index is 12.1. The van der Waals surface area contributed by atoms with Gasteiger partial charge >= 0.3 is 6.03 Å². The lowest BCUT2D eigenvalue weighted by Gasteiger charge is -2.23. The third-order valence-corrected chi connectivity index (χ3v) is 3.38. The van der Waals surface area contributed by atoms with E-state index in [2.05, 4.69) is 5.32 Å². The molecule has 0 bridgehead atoms. The summed E-state index contributed by atoms with van der Waals surface area (Å²) in [6.07, 6.45) is -0.237. The summed E-state index contributed by atoms with van der Waals surface area (Å²) < 4.78 is 0.